The predicted octanol–water partition coefficient (Wildman–Crippen LogP) is 3.97. The Labute approximate surface area is 118 Å². The van der Waals surface area contributed by atoms with Gasteiger partial charge in [0, 0.05) is 11.5 Å². The van der Waals surface area contributed by atoms with E-state index in [4.69, 9.17) is 9.15 Å². The van der Waals surface area contributed by atoms with Gasteiger partial charge in [-0.05, 0) is 18.2 Å². The molecule has 0 unspecified atom stereocenters. The maximum Gasteiger partial charge on any atom is 0.204 e. The molecule has 0 spiro atoms. The van der Waals surface area contributed by atoms with Crippen LogP contribution in [0.1, 0.15) is 10.4 Å². The zero-order chi connectivity index (χ0) is 14.8. The molecule has 0 saturated heterocycles. The molecule has 0 bridgehead atoms. The first-order valence-corrected chi connectivity index (χ1v) is 6.22. The van der Waals surface area contributed by atoms with Crippen LogP contribution in [0.25, 0.3) is 11.0 Å². The third-order valence-electron chi connectivity index (χ3n) is 3.03. The van der Waals surface area contributed by atoms with E-state index in [0.29, 0.717) is 22.6 Å². The second-order valence-electron chi connectivity index (χ2n) is 4.43. The lowest BCUT2D eigenvalue weighted by Gasteiger charge is -2.05. The second kappa shape index (κ2) is 5.36. The number of halogens is 2. The lowest BCUT2D eigenvalue weighted by molar-refractivity contribution is 0.0919. The largest absolute Gasteiger partial charge is 0.482 e. The van der Waals surface area contributed by atoms with Gasteiger partial charge in [-0.25, -0.2) is 8.78 Å². The molecule has 5 heteroatoms. The van der Waals surface area contributed by atoms with Crippen LogP contribution in [0, 0.1) is 11.6 Å². The first-order valence-electron chi connectivity index (χ1n) is 6.22. The van der Waals surface area contributed by atoms with Gasteiger partial charge in [-0.3, -0.25) is 4.79 Å². The topological polar surface area (TPSA) is 39.4 Å². The second-order valence-corrected chi connectivity index (χ2v) is 4.43. The van der Waals surface area contributed by atoms with Gasteiger partial charge in [0.05, 0.1) is 5.56 Å². The Morgan fingerprint density at radius 2 is 1.95 bits per heavy atom. The number of ketones is 1. The Kier molecular flexibility index (Phi) is 3.39. The van der Waals surface area contributed by atoms with Gasteiger partial charge in [-0.1, -0.05) is 18.2 Å². The minimum Gasteiger partial charge on any atom is -0.482 e. The van der Waals surface area contributed by atoms with E-state index < -0.39 is 11.6 Å². The highest BCUT2D eigenvalue weighted by molar-refractivity contribution is 6.07. The van der Waals surface area contributed by atoms with Crippen LogP contribution in [-0.4, -0.2) is 12.4 Å². The molecule has 0 aliphatic heterocycles. The number of benzene rings is 2. The molecule has 1 aromatic heterocycles. The Hall–Kier alpha value is -2.69. The molecule has 0 saturated carbocycles. The van der Waals surface area contributed by atoms with Crippen LogP contribution in [0.4, 0.5) is 8.78 Å². The SMILES string of the molecule is O=C(COc1ccc(F)cc1F)c1coc2ccccc12. The van der Waals surface area contributed by atoms with Crippen molar-refractivity contribution in [3.8, 4) is 5.75 Å². The molecule has 3 rings (SSSR count). The molecule has 1 heterocycles. The van der Waals surface area contributed by atoms with E-state index >= 15 is 0 Å². The zero-order valence-corrected chi connectivity index (χ0v) is 10.8. The molecule has 0 aliphatic rings. The number of para-hydroxylation sites is 1. The van der Waals surface area contributed by atoms with Crippen molar-refractivity contribution >= 4 is 16.8 Å². The Bertz CT molecular complexity index is 808. The van der Waals surface area contributed by atoms with E-state index in [1.54, 1.807) is 24.3 Å². The summed E-state index contributed by atoms with van der Waals surface area (Å²) in [6, 6.07) is 9.99. The number of fused-ring (bicyclic) bond motifs is 1. The van der Waals surface area contributed by atoms with Crippen LogP contribution in [0.2, 0.25) is 0 Å². The van der Waals surface area contributed by atoms with Gasteiger partial charge in [0.15, 0.2) is 18.2 Å². The highest BCUT2D eigenvalue weighted by Gasteiger charge is 2.15. The Morgan fingerprint density at radius 1 is 1.14 bits per heavy atom. The molecule has 3 aromatic rings. The van der Waals surface area contributed by atoms with Gasteiger partial charge in [0.25, 0.3) is 0 Å². The first-order chi connectivity index (χ1) is 10.1. The highest BCUT2D eigenvalue weighted by Crippen LogP contribution is 2.22. The Morgan fingerprint density at radius 3 is 2.76 bits per heavy atom. The first kappa shape index (κ1) is 13.3. The lowest BCUT2D eigenvalue weighted by Crippen LogP contribution is -2.11. The normalized spacial score (nSPS) is 10.8. The van der Waals surface area contributed by atoms with Crippen LogP contribution in [0.5, 0.6) is 5.75 Å². The molecular weight excluding hydrogens is 278 g/mol. The van der Waals surface area contributed by atoms with Gasteiger partial charge in [0.1, 0.15) is 17.7 Å². The molecule has 0 radical (unpaired) electrons. The standard InChI is InChI=1S/C16H10F2O3/c17-10-5-6-16(13(18)7-10)21-9-14(19)12-8-20-15-4-2-1-3-11(12)15/h1-8H,9H2. The summed E-state index contributed by atoms with van der Waals surface area (Å²) in [5.41, 5.74) is 0.960. The van der Waals surface area contributed by atoms with Crippen LogP contribution in [0.3, 0.4) is 0 Å². The predicted molar refractivity (Wildman–Crippen MR) is 72.4 cm³/mol. The van der Waals surface area contributed by atoms with Gasteiger partial charge in [-0.15, -0.1) is 0 Å². The molecule has 106 valence electrons. The molecule has 0 atom stereocenters. The van der Waals surface area contributed by atoms with Crippen molar-refractivity contribution < 1.29 is 22.7 Å². The van der Waals surface area contributed by atoms with Gasteiger partial charge in [-0.2, -0.15) is 0 Å². The van der Waals surface area contributed by atoms with Gasteiger partial charge < -0.3 is 9.15 Å². The number of hydrogen-bond acceptors (Lipinski definition) is 3. The highest BCUT2D eigenvalue weighted by atomic mass is 19.1. The summed E-state index contributed by atoms with van der Waals surface area (Å²) in [5.74, 6) is -2.06. The summed E-state index contributed by atoms with van der Waals surface area (Å²) < 4.78 is 36.5. The molecular formula is C16H10F2O3. The molecule has 0 fully saturated rings. The smallest absolute Gasteiger partial charge is 0.204 e. The number of furan rings is 1. The summed E-state index contributed by atoms with van der Waals surface area (Å²) in [7, 11) is 0. The van der Waals surface area contributed by atoms with E-state index in [9.17, 15) is 13.6 Å². The summed E-state index contributed by atoms with van der Waals surface area (Å²) in [6.07, 6.45) is 1.34. The average molecular weight is 288 g/mol. The van der Waals surface area contributed by atoms with Crippen molar-refractivity contribution in [2.45, 2.75) is 0 Å². The number of carbonyl (C=O) groups excluding carboxylic acids is 1. The monoisotopic (exact) mass is 288 g/mol. The van der Waals surface area contributed by atoms with E-state index in [1.807, 2.05) is 0 Å². The third-order valence-corrected chi connectivity index (χ3v) is 3.03. The average Bonchev–Trinajstić information content (AvgIpc) is 2.90. The van der Waals surface area contributed by atoms with Crippen LogP contribution < -0.4 is 4.74 Å². The van der Waals surface area contributed by atoms with Crippen molar-refractivity contribution in [1.82, 2.24) is 0 Å². The van der Waals surface area contributed by atoms with Crippen molar-refractivity contribution in [3.63, 3.8) is 0 Å². The molecule has 0 amide bonds. The summed E-state index contributed by atoms with van der Waals surface area (Å²) in [4.78, 5) is 12.1. The van der Waals surface area contributed by atoms with Gasteiger partial charge >= 0.3 is 0 Å². The van der Waals surface area contributed by atoms with Crippen molar-refractivity contribution in [2.24, 2.45) is 0 Å². The molecule has 21 heavy (non-hydrogen) atoms. The van der Waals surface area contributed by atoms with E-state index in [-0.39, 0.29) is 18.1 Å². The minimum absolute atomic E-state index is 0.169. The van der Waals surface area contributed by atoms with Gasteiger partial charge in [0.2, 0.25) is 5.78 Å². The number of Topliss-reactive ketones (excluding diaryl/α,β-unsaturated/α-hetero) is 1. The molecule has 2 aromatic carbocycles. The summed E-state index contributed by atoms with van der Waals surface area (Å²) in [5, 5.41) is 0.672. The fraction of sp³-hybridized carbons (Fsp3) is 0.0625. The fourth-order valence-electron chi connectivity index (χ4n) is 2.01. The summed E-state index contributed by atoms with van der Waals surface area (Å²) >= 11 is 0. The lowest BCUT2D eigenvalue weighted by atomic mass is 10.1. The van der Waals surface area contributed by atoms with Crippen molar-refractivity contribution in [2.75, 3.05) is 6.61 Å². The van der Waals surface area contributed by atoms with E-state index in [2.05, 4.69) is 0 Å². The van der Waals surface area contributed by atoms with Crippen molar-refractivity contribution in [1.29, 1.82) is 0 Å². The third kappa shape index (κ3) is 2.63. The Balaban J connectivity index is 1.77. The minimum atomic E-state index is -0.847. The summed E-state index contributed by atoms with van der Waals surface area (Å²) in [6.45, 7) is -0.355. The quantitative estimate of drug-likeness (QED) is 0.682. The fourth-order valence-corrected chi connectivity index (χ4v) is 2.01. The van der Waals surface area contributed by atoms with Crippen molar-refractivity contribution in [3.05, 3.63) is 65.9 Å². The van der Waals surface area contributed by atoms with Crippen LogP contribution >= 0.6 is 0 Å². The molecule has 3 nitrogen and oxygen atoms in total. The number of hydrogen-bond donors (Lipinski definition) is 0. The maximum absolute atomic E-state index is 13.4. The van der Waals surface area contributed by atoms with E-state index in [1.165, 1.54) is 6.26 Å². The maximum atomic E-state index is 13.4. The molecule has 0 N–H and O–H groups in total. The zero-order valence-electron chi connectivity index (χ0n) is 10.8. The number of ether oxygens (including phenoxy) is 1. The van der Waals surface area contributed by atoms with Crippen LogP contribution in [0.15, 0.2) is 53.1 Å². The van der Waals surface area contributed by atoms with E-state index in [0.717, 1.165) is 12.1 Å². The molecule has 0 aliphatic carbocycles. The number of rotatable bonds is 4. The number of carbonyl (C=O) groups is 1. The van der Waals surface area contributed by atoms with Crippen LogP contribution in [-0.2, 0) is 0 Å².